The molecule has 2 rings (SSSR count). The molecule has 0 aromatic rings. The molecule has 0 amide bonds. The number of carbonyl (C=O) groups is 1. The first-order valence-electron chi connectivity index (χ1n) is 5.54. The normalized spacial score (nSPS) is 37.2. The molecule has 2 saturated carbocycles. The van der Waals surface area contributed by atoms with Crippen LogP contribution < -0.4 is 0 Å². The van der Waals surface area contributed by atoms with Gasteiger partial charge in [0.25, 0.3) is 0 Å². The van der Waals surface area contributed by atoms with E-state index < -0.39 is 5.97 Å². The molecule has 0 saturated heterocycles. The summed E-state index contributed by atoms with van der Waals surface area (Å²) in [4.78, 5) is 10.8. The first-order valence-corrected chi connectivity index (χ1v) is 5.54. The van der Waals surface area contributed by atoms with Gasteiger partial charge in [0.2, 0.25) is 0 Å². The molecule has 2 fully saturated rings. The Kier molecular flexibility index (Phi) is 2.38. The van der Waals surface area contributed by atoms with Crippen LogP contribution >= 0.6 is 0 Å². The van der Waals surface area contributed by atoms with Gasteiger partial charge in [-0.15, -0.1) is 0 Å². The van der Waals surface area contributed by atoms with Crippen LogP contribution in [0.5, 0.6) is 0 Å². The summed E-state index contributed by atoms with van der Waals surface area (Å²) in [6.07, 6.45) is 9.64. The molecule has 1 N–H and O–H groups in total. The maximum absolute atomic E-state index is 10.8. The average Bonchev–Trinajstić information content (AvgIpc) is 2.42. The molecule has 2 atom stereocenters. The Labute approximate surface area is 85.0 Å². The third kappa shape index (κ3) is 1.70. The van der Waals surface area contributed by atoms with Gasteiger partial charge in [0, 0.05) is 5.57 Å². The first-order chi connectivity index (χ1) is 6.61. The number of fused-ring (bicyclic) bond motifs is 2. The topological polar surface area (TPSA) is 37.3 Å². The lowest BCUT2D eigenvalue weighted by Crippen LogP contribution is -2.19. The Morgan fingerprint density at radius 1 is 1.43 bits per heavy atom. The molecule has 14 heavy (non-hydrogen) atoms. The van der Waals surface area contributed by atoms with E-state index >= 15 is 0 Å². The fraction of sp³-hybridized carbons (Fsp3) is 0.750. The van der Waals surface area contributed by atoms with Gasteiger partial charge in [-0.25, -0.2) is 4.79 Å². The summed E-state index contributed by atoms with van der Waals surface area (Å²) < 4.78 is 0. The number of carboxylic acids is 1. The van der Waals surface area contributed by atoms with Crippen molar-refractivity contribution in [3.05, 3.63) is 11.6 Å². The summed E-state index contributed by atoms with van der Waals surface area (Å²) in [5.41, 5.74) is 0.790. The van der Waals surface area contributed by atoms with Gasteiger partial charge in [-0.05, 0) is 43.9 Å². The molecule has 0 heterocycles. The highest BCUT2D eigenvalue weighted by atomic mass is 16.4. The van der Waals surface area contributed by atoms with Crippen LogP contribution in [0.2, 0.25) is 0 Å². The molecule has 0 spiro atoms. The van der Waals surface area contributed by atoms with Crippen molar-refractivity contribution in [3.8, 4) is 0 Å². The van der Waals surface area contributed by atoms with Crippen LogP contribution in [0.3, 0.4) is 0 Å². The van der Waals surface area contributed by atoms with Crippen LogP contribution in [0.1, 0.15) is 45.4 Å². The molecule has 2 aliphatic carbocycles. The van der Waals surface area contributed by atoms with E-state index in [0.29, 0.717) is 5.57 Å². The highest BCUT2D eigenvalue weighted by molar-refractivity contribution is 5.85. The molecule has 0 radical (unpaired) electrons. The van der Waals surface area contributed by atoms with Crippen molar-refractivity contribution >= 4 is 5.97 Å². The molecule has 78 valence electrons. The lowest BCUT2D eigenvalue weighted by atomic mass is 9.75. The molecular formula is C12H18O2. The quantitative estimate of drug-likeness (QED) is 0.686. The van der Waals surface area contributed by atoms with Crippen LogP contribution in [0, 0.1) is 11.3 Å². The van der Waals surface area contributed by atoms with E-state index in [9.17, 15) is 4.79 Å². The highest BCUT2D eigenvalue weighted by Crippen LogP contribution is 2.52. The molecule has 0 aromatic carbocycles. The van der Waals surface area contributed by atoms with Crippen molar-refractivity contribution < 1.29 is 9.90 Å². The maximum Gasteiger partial charge on any atom is 0.330 e. The van der Waals surface area contributed by atoms with Crippen LogP contribution in [-0.2, 0) is 4.79 Å². The third-order valence-corrected chi connectivity index (χ3v) is 3.89. The SMILES string of the molecule is C/C(=C\C12CCCC(CC1)C2)C(=O)O. The molecule has 2 bridgehead atoms. The Bertz CT molecular complexity index is 276. The minimum atomic E-state index is -0.756. The van der Waals surface area contributed by atoms with Crippen LogP contribution in [0.4, 0.5) is 0 Å². The van der Waals surface area contributed by atoms with Crippen molar-refractivity contribution in [3.63, 3.8) is 0 Å². The number of rotatable bonds is 2. The van der Waals surface area contributed by atoms with Gasteiger partial charge < -0.3 is 5.11 Å². The number of hydrogen-bond acceptors (Lipinski definition) is 1. The third-order valence-electron chi connectivity index (χ3n) is 3.89. The first kappa shape index (κ1) is 9.75. The van der Waals surface area contributed by atoms with Crippen molar-refractivity contribution in [2.24, 2.45) is 11.3 Å². The zero-order valence-corrected chi connectivity index (χ0v) is 8.75. The number of carboxylic acid groups (broad SMARTS) is 1. The standard InChI is InChI=1S/C12H18O2/c1-9(11(13)14)7-12-5-2-3-10(8-12)4-6-12/h7,10H,2-6,8H2,1H3,(H,13,14)/b9-7+. The second-order valence-electron chi connectivity index (χ2n) is 5.00. The van der Waals surface area contributed by atoms with E-state index in [0.717, 1.165) is 5.92 Å². The Morgan fingerprint density at radius 3 is 2.93 bits per heavy atom. The van der Waals surface area contributed by atoms with Crippen molar-refractivity contribution in [2.75, 3.05) is 0 Å². The summed E-state index contributed by atoms with van der Waals surface area (Å²) >= 11 is 0. The molecular weight excluding hydrogens is 176 g/mol. The van der Waals surface area contributed by atoms with Crippen molar-refractivity contribution in [1.82, 2.24) is 0 Å². The van der Waals surface area contributed by atoms with Crippen LogP contribution in [-0.4, -0.2) is 11.1 Å². The lowest BCUT2D eigenvalue weighted by Gasteiger charge is -2.30. The molecule has 2 aliphatic rings. The summed E-state index contributed by atoms with van der Waals surface area (Å²) in [7, 11) is 0. The largest absolute Gasteiger partial charge is 0.478 e. The second kappa shape index (κ2) is 3.41. The maximum atomic E-state index is 10.8. The molecule has 2 nitrogen and oxygen atoms in total. The van der Waals surface area contributed by atoms with Gasteiger partial charge in [-0.3, -0.25) is 0 Å². The highest BCUT2D eigenvalue weighted by Gasteiger charge is 2.40. The van der Waals surface area contributed by atoms with Crippen LogP contribution in [0.15, 0.2) is 11.6 Å². The van der Waals surface area contributed by atoms with Crippen molar-refractivity contribution in [2.45, 2.75) is 45.4 Å². The smallest absolute Gasteiger partial charge is 0.330 e. The predicted octanol–water partition coefficient (Wildman–Crippen LogP) is 2.99. The summed E-state index contributed by atoms with van der Waals surface area (Å²) in [6, 6.07) is 0. The minimum absolute atomic E-state index is 0.255. The lowest BCUT2D eigenvalue weighted by molar-refractivity contribution is -0.132. The summed E-state index contributed by atoms with van der Waals surface area (Å²) in [5.74, 6) is 0.120. The van der Waals surface area contributed by atoms with Gasteiger partial charge in [0.05, 0.1) is 0 Å². The zero-order chi connectivity index (χ0) is 10.2. The van der Waals surface area contributed by atoms with E-state index in [1.54, 1.807) is 6.92 Å². The molecule has 2 unspecified atom stereocenters. The Balaban J connectivity index is 2.16. The van der Waals surface area contributed by atoms with Gasteiger partial charge in [-0.1, -0.05) is 18.9 Å². The van der Waals surface area contributed by atoms with Crippen LogP contribution in [0.25, 0.3) is 0 Å². The number of hydrogen-bond donors (Lipinski definition) is 1. The Hall–Kier alpha value is -0.790. The fourth-order valence-electron chi connectivity index (χ4n) is 3.21. The summed E-state index contributed by atoms with van der Waals surface area (Å²) in [6.45, 7) is 1.72. The van der Waals surface area contributed by atoms with E-state index in [1.807, 2.05) is 6.08 Å². The molecule has 0 aliphatic heterocycles. The second-order valence-corrected chi connectivity index (χ2v) is 5.00. The molecule has 0 aromatic heterocycles. The van der Waals surface area contributed by atoms with Gasteiger partial charge >= 0.3 is 5.97 Å². The fourth-order valence-corrected chi connectivity index (χ4v) is 3.21. The van der Waals surface area contributed by atoms with Gasteiger partial charge in [0.1, 0.15) is 0 Å². The predicted molar refractivity (Wildman–Crippen MR) is 55.0 cm³/mol. The van der Waals surface area contributed by atoms with E-state index in [-0.39, 0.29) is 5.41 Å². The van der Waals surface area contributed by atoms with E-state index in [1.165, 1.54) is 38.5 Å². The number of aliphatic carboxylic acids is 1. The zero-order valence-electron chi connectivity index (χ0n) is 8.75. The minimum Gasteiger partial charge on any atom is -0.478 e. The van der Waals surface area contributed by atoms with E-state index in [2.05, 4.69) is 0 Å². The average molecular weight is 194 g/mol. The number of allylic oxidation sites excluding steroid dienone is 1. The van der Waals surface area contributed by atoms with Crippen molar-refractivity contribution in [1.29, 1.82) is 0 Å². The monoisotopic (exact) mass is 194 g/mol. The Morgan fingerprint density at radius 2 is 2.21 bits per heavy atom. The molecule has 2 heteroatoms. The summed E-state index contributed by atoms with van der Waals surface area (Å²) in [5, 5.41) is 8.87. The van der Waals surface area contributed by atoms with E-state index in [4.69, 9.17) is 5.11 Å². The van der Waals surface area contributed by atoms with Gasteiger partial charge in [0.15, 0.2) is 0 Å². The van der Waals surface area contributed by atoms with Gasteiger partial charge in [-0.2, -0.15) is 0 Å².